The molecule has 1 aliphatic rings. The summed E-state index contributed by atoms with van der Waals surface area (Å²) >= 11 is 0. The predicted molar refractivity (Wildman–Crippen MR) is 87.1 cm³/mol. The minimum atomic E-state index is -1.52. The Bertz CT molecular complexity index is 888. The Labute approximate surface area is 132 Å². The van der Waals surface area contributed by atoms with Crippen LogP contribution in [-0.2, 0) is 5.60 Å². The molecule has 0 amide bonds. The summed E-state index contributed by atoms with van der Waals surface area (Å²) in [6.07, 6.45) is 0. The normalized spacial score (nSPS) is 14.1. The Morgan fingerprint density at radius 1 is 0.739 bits per heavy atom. The summed E-state index contributed by atoms with van der Waals surface area (Å²) in [5, 5.41) is 23.0. The zero-order valence-electron chi connectivity index (χ0n) is 12.1. The van der Waals surface area contributed by atoms with E-state index in [2.05, 4.69) is 0 Å². The van der Waals surface area contributed by atoms with E-state index in [0.717, 1.165) is 11.1 Å². The number of nitrogens with zero attached hydrogens (tertiary/aromatic N) is 1. The van der Waals surface area contributed by atoms with E-state index >= 15 is 0 Å². The summed E-state index contributed by atoms with van der Waals surface area (Å²) in [5.74, 6) is 0. The molecule has 3 aromatic rings. The van der Waals surface area contributed by atoms with Crippen LogP contribution in [0.4, 0.5) is 5.69 Å². The molecule has 0 atom stereocenters. The number of para-hydroxylation sites is 1. The Morgan fingerprint density at radius 2 is 1.17 bits per heavy atom. The SMILES string of the molecule is O=[N+]([O-])c1ccccc1C1(O)c2ccccc2-c2ccccc21. The Kier molecular flexibility index (Phi) is 2.83. The van der Waals surface area contributed by atoms with Crippen molar-refractivity contribution in [2.45, 2.75) is 5.60 Å². The minimum Gasteiger partial charge on any atom is -0.376 e. The Hall–Kier alpha value is -2.98. The lowest BCUT2D eigenvalue weighted by atomic mass is 9.83. The van der Waals surface area contributed by atoms with Crippen LogP contribution in [0.15, 0.2) is 72.8 Å². The van der Waals surface area contributed by atoms with Crippen molar-refractivity contribution in [1.82, 2.24) is 0 Å². The quantitative estimate of drug-likeness (QED) is 0.577. The second-order valence-corrected chi connectivity index (χ2v) is 5.58. The topological polar surface area (TPSA) is 63.4 Å². The highest BCUT2D eigenvalue weighted by Crippen LogP contribution is 2.52. The standard InChI is InChI=1S/C19H13NO3/c21-19(17-11-5-6-12-18(17)20(22)23)15-9-3-1-7-13(15)14-8-2-4-10-16(14)19/h1-12,21H. The first kappa shape index (κ1) is 13.7. The summed E-state index contributed by atoms with van der Waals surface area (Å²) in [4.78, 5) is 11.0. The highest BCUT2D eigenvalue weighted by atomic mass is 16.6. The third-order valence-corrected chi connectivity index (χ3v) is 4.41. The number of hydrogen-bond acceptors (Lipinski definition) is 3. The first-order chi connectivity index (χ1) is 11.1. The number of fused-ring (bicyclic) bond motifs is 3. The van der Waals surface area contributed by atoms with Gasteiger partial charge in [-0.1, -0.05) is 60.7 Å². The van der Waals surface area contributed by atoms with Crippen LogP contribution in [0.3, 0.4) is 0 Å². The van der Waals surface area contributed by atoms with Gasteiger partial charge in [-0.15, -0.1) is 0 Å². The van der Waals surface area contributed by atoms with Crippen LogP contribution in [-0.4, -0.2) is 10.0 Å². The average molecular weight is 303 g/mol. The van der Waals surface area contributed by atoms with Gasteiger partial charge in [0, 0.05) is 17.2 Å². The largest absolute Gasteiger partial charge is 0.376 e. The first-order valence-electron chi connectivity index (χ1n) is 7.29. The molecule has 112 valence electrons. The molecule has 0 saturated heterocycles. The van der Waals surface area contributed by atoms with Crippen LogP contribution in [0, 0.1) is 10.1 Å². The second-order valence-electron chi connectivity index (χ2n) is 5.58. The molecule has 3 aromatic carbocycles. The van der Waals surface area contributed by atoms with Gasteiger partial charge in [-0.2, -0.15) is 0 Å². The molecule has 0 fully saturated rings. The minimum absolute atomic E-state index is 0.0819. The molecule has 0 radical (unpaired) electrons. The second kappa shape index (κ2) is 4.76. The number of rotatable bonds is 2. The lowest BCUT2D eigenvalue weighted by Crippen LogP contribution is -2.27. The van der Waals surface area contributed by atoms with E-state index in [9.17, 15) is 15.2 Å². The van der Waals surface area contributed by atoms with Crippen molar-refractivity contribution in [3.8, 4) is 11.1 Å². The van der Waals surface area contributed by atoms with Gasteiger partial charge in [0.15, 0.2) is 0 Å². The molecule has 4 heteroatoms. The smallest absolute Gasteiger partial charge is 0.276 e. The molecule has 0 aliphatic heterocycles. The van der Waals surface area contributed by atoms with Crippen molar-refractivity contribution < 1.29 is 10.0 Å². The summed E-state index contributed by atoms with van der Waals surface area (Å²) in [7, 11) is 0. The average Bonchev–Trinajstić information content (AvgIpc) is 2.86. The fourth-order valence-electron chi connectivity index (χ4n) is 3.44. The van der Waals surface area contributed by atoms with E-state index in [0.29, 0.717) is 16.7 Å². The van der Waals surface area contributed by atoms with Gasteiger partial charge in [-0.05, 0) is 17.2 Å². The number of nitro groups is 1. The molecule has 4 nitrogen and oxygen atoms in total. The molecule has 0 unspecified atom stereocenters. The van der Waals surface area contributed by atoms with Crippen molar-refractivity contribution >= 4 is 5.69 Å². The van der Waals surface area contributed by atoms with E-state index in [4.69, 9.17) is 0 Å². The van der Waals surface area contributed by atoms with Gasteiger partial charge >= 0.3 is 0 Å². The molecule has 1 N–H and O–H groups in total. The molecule has 0 heterocycles. The number of benzene rings is 3. The molecular weight excluding hydrogens is 290 g/mol. The highest BCUT2D eigenvalue weighted by molar-refractivity contribution is 5.83. The van der Waals surface area contributed by atoms with E-state index in [1.807, 2.05) is 48.5 Å². The maximum absolute atomic E-state index is 11.6. The van der Waals surface area contributed by atoms with Crippen LogP contribution in [0.1, 0.15) is 16.7 Å². The molecular formula is C19H13NO3. The molecule has 4 rings (SSSR count). The molecule has 0 aromatic heterocycles. The van der Waals surface area contributed by atoms with Crippen molar-refractivity contribution in [3.05, 3.63) is 99.6 Å². The fraction of sp³-hybridized carbons (Fsp3) is 0.0526. The molecule has 1 aliphatic carbocycles. The van der Waals surface area contributed by atoms with Crippen LogP contribution >= 0.6 is 0 Å². The predicted octanol–water partition coefficient (Wildman–Crippen LogP) is 3.86. The van der Waals surface area contributed by atoms with Gasteiger partial charge in [-0.25, -0.2) is 0 Å². The zero-order chi connectivity index (χ0) is 16.0. The maximum Gasteiger partial charge on any atom is 0.276 e. The van der Waals surface area contributed by atoms with Crippen LogP contribution in [0.25, 0.3) is 11.1 Å². The summed E-state index contributed by atoms with van der Waals surface area (Å²) in [5.41, 5.74) is 1.86. The van der Waals surface area contributed by atoms with Crippen molar-refractivity contribution in [1.29, 1.82) is 0 Å². The van der Waals surface area contributed by atoms with Crippen LogP contribution < -0.4 is 0 Å². The zero-order valence-corrected chi connectivity index (χ0v) is 12.1. The van der Waals surface area contributed by atoms with Crippen LogP contribution in [0.5, 0.6) is 0 Å². The monoisotopic (exact) mass is 303 g/mol. The Morgan fingerprint density at radius 3 is 1.70 bits per heavy atom. The number of nitro benzene ring substituents is 1. The molecule has 0 saturated carbocycles. The lowest BCUT2D eigenvalue weighted by Gasteiger charge is -2.26. The van der Waals surface area contributed by atoms with Crippen molar-refractivity contribution in [2.75, 3.05) is 0 Å². The van der Waals surface area contributed by atoms with Crippen molar-refractivity contribution in [2.24, 2.45) is 0 Å². The molecule has 0 bridgehead atoms. The van der Waals surface area contributed by atoms with E-state index in [1.54, 1.807) is 18.2 Å². The lowest BCUT2D eigenvalue weighted by molar-refractivity contribution is -0.386. The van der Waals surface area contributed by atoms with Gasteiger partial charge in [0.2, 0.25) is 0 Å². The molecule has 23 heavy (non-hydrogen) atoms. The van der Waals surface area contributed by atoms with Crippen molar-refractivity contribution in [3.63, 3.8) is 0 Å². The number of hydrogen-bond donors (Lipinski definition) is 1. The maximum atomic E-state index is 11.6. The number of aliphatic hydroxyl groups is 1. The molecule has 0 spiro atoms. The first-order valence-corrected chi connectivity index (χ1v) is 7.29. The summed E-state index contributed by atoms with van der Waals surface area (Å²) in [6, 6.07) is 21.4. The Balaban J connectivity index is 2.11. The third kappa shape index (κ3) is 1.76. The van der Waals surface area contributed by atoms with E-state index < -0.39 is 10.5 Å². The van der Waals surface area contributed by atoms with Crippen LogP contribution in [0.2, 0.25) is 0 Å². The fourth-order valence-corrected chi connectivity index (χ4v) is 3.44. The van der Waals surface area contributed by atoms with E-state index in [1.165, 1.54) is 6.07 Å². The van der Waals surface area contributed by atoms with Gasteiger partial charge < -0.3 is 5.11 Å². The summed E-state index contributed by atoms with van der Waals surface area (Å²) < 4.78 is 0. The highest BCUT2D eigenvalue weighted by Gasteiger charge is 2.46. The van der Waals surface area contributed by atoms with Gasteiger partial charge in [0.1, 0.15) is 5.60 Å². The van der Waals surface area contributed by atoms with Gasteiger partial charge in [-0.3, -0.25) is 10.1 Å². The van der Waals surface area contributed by atoms with Gasteiger partial charge in [0.25, 0.3) is 5.69 Å². The van der Waals surface area contributed by atoms with Gasteiger partial charge in [0.05, 0.1) is 10.5 Å². The summed E-state index contributed by atoms with van der Waals surface area (Å²) in [6.45, 7) is 0. The van der Waals surface area contributed by atoms with E-state index in [-0.39, 0.29) is 5.69 Å². The third-order valence-electron chi connectivity index (χ3n) is 4.41.